The van der Waals surface area contributed by atoms with E-state index in [2.05, 4.69) is 31.3 Å². The standard InChI is InChI=1S/C23H27N3O3S2/c1-12-9-13(2)19-16(10-12)30-21(25-19)18-15-7-8-26(22(28)29-23(4,5)6)11-17(15)31-20(18)24-14(3)27/h9-10H,7-8,11H2,1-6H3,(H,24,27). The minimum absolute atomic E-state index is 0.114. The largest absolute Gasteiger partial charge is 0.444 e. The third-order valence-electron chi connectivity index (χ3n) is 5.04. The lowest BCUT2D eigenvalue weighted by atomic mass is 10.0. The molecule has 1 aliphatic heterocycles. The van der Waals surface area contributed by atoms with Gasteiger partial charge in [-0.25, -0.2) is 9.78 Å². The van der Waals surface area contributed by atoms with E-state index in [1.54, 1.807) is 16.2 Å². The van der Waals surface area contributed by atoms with Crippen LogP contribution in [0.15, 0.2) is 12.1 Å². The number of nitrogens with zero attached hydrogens (tertiary/aromatic N) is 2. The van der Waals surface area contributed by atoms with Crippen molar-refractivity contribution in [3.05, 3.63) is 33.7 Å². The molecule has 0 radical (unpaired) electrons. The summed E-state index contributed by atoms with van der Waals surface area (Å²) >= 11 is 3.18. The first-order valence-electron chi connectivity index (χ1n) is 10.3. The molecule has 164 valence electrons. The molecule has 0 saturated heterocycles. The average Bonchev–Trinajstić information content (AvgIpc) is 3.19. The Kier molecular flexibility index (Phi) is 5.55. The second-order valence-electron chi connectivity index (χ2n) is 8.99. The molecule has 8 heteroatoms. The molecule has 0 fully saturated rings. The summed E-state index contributed by atoms with van der Waals surface area (Å²) < 4.78 is 6.70. The second kappa shape index (κ2) is 7.91. The van der Waals surface area contributed by atoms with Crippen molar-refractivity contribution in [1.82, 2.24) is 9.88 Å². The lowest BCUT2D eigenvalue weighted by Gasteiger charge is -2.30. The number of amides is 2. The highest BCUT2D eigenvalue weighted by Crippen LogP contribution is 2.46. The zero-order valence-electron chi connectivity index (χ0n) is 18.7. The highest BCUT2D eigenvalue weighted by Gasteiger charge is 2.31. The van der Waals surface area contributed by atoms with Crippen LogP contribution in [0.4, 0.5) is 9.80 Å². The molecule has 1 N–H and O–H groups in total. The van der Waals surface area contributed by atoms with Gasteiger partial charge in [-0.05, 0) is 63.8 Å². The summed E-state index contributed by atoms with van der Waals surface area (Å²) in [6.07, 6.45) is 0.397. The van der Waals surface area contributed by atoms with Crippen LogP contribution < -0.4 is 5.32 Å². The Balaban J connectivity index is 1.75. The molecule has 1 aromatic carbocycles. The predicted molar refractivity (Wildman–Crippen MR) is 127 cm³/mol. The van der Waals surface area contributed by atoms with Crippen molar-refractivity contribution in [2.75, 3.05) is 11.9 Å². The summed E-state index contributed by atoms with van der Waals surface area (Å²) in [7, 11) is 0. The SMILES string of the molecule is CC(=O)Nc1sc2c(c1-c1nc3c(C)cc(C)cc3s1)CCN(C(=O)OC(C)(C)C)C2. The van der Waals surface area contributed by atoms with Gasteiger partial charge < -0.3 is 15.0 Å². The molecule has 4 rings (SSSR count). The maximum atomic E-state index is 12.6. The third-order valence-corrected chi connectivity index (χ3v) is 7.19. The topological polar surface area (TPSA) is 71.5 Å². The number of hydrogen-bond acceptors (Lipinski definition) is 6. The summed E-state index contributed by atoms with van der Waals surface area (Å²) in [5, 5.41) is 4.71. The molecule has 0 atom stereocenters. The van der Waals surface area contributed by atoms with Crippen molar-refractivity contribution in [3.8, 4) is 10.6 Å². The van der Waals surface area contributed by atoms with E-state index in [9.17, 15) is 9.59 Å². The lowest BCUT2D eigenvalue weighted by Crippen LogP contribution is -2.39. The number of thiazole rings is 1. The van der Waals surface area contributed by atoms with E-state index < -0.39 is 5.60 Å². The molecular weight excluding hydrogens is 430 g/mol. The van der Waals surface area contributed by atoms with Gasteiger partial charge in [0.1, 0.15) is 15.6 Å². The number of nitrogens with one attached hydrogen (secondary N) is 1. The van der Waals surface area contributed by atoms with Crippen LogP contribution in [0.3, 0.4) is 0 Å². The fourth-order valence-electron chi connectivity index (χ4n) is 3.84. The van der Waals surface area contributed by atoms with Crippen molar-refractivity contribution in [3.63, 3.8) is 0 Å². The van der Waals surface area contributed by atoms with E-state index in [0.29, 0.717) is 19.5 Å². The Morgan fingerprint density at radius 3 is 2.61 bits per heavy atom. The summed E-state index contributed by atoms with van der Waals surface area (Å²) in [6.45, 7) is 12.3. The molecule has 3 heterocycles. The number of carbonyl (C=O) groups excluding carboxylic acids is 2. The summed E-state index contributed by atoms with van der Waals surface area (Å²) in [4.78, 5) is 32.2. The van der Waals surface area contributed by atoms with Crippen LogP contribution in [-0.4, -0.2) is 34.0 Å². The molecule has 0 spiro atoms. The number of aromatic nitrogens is 1. The van der Waals surface area contributed by atoms with Gasteiger partial charge in [0, 0.05) is 23.9 Å². The average molecular weight is 458 g/mol. The highest BCUT2D eigenvalue weighted by molar-refractivity contribution is 7.23. The molecule has 0 unspecified atom stereocenters. The van der Waals surface area contributed by atoms with Crippen molar-refractivity contribution in [2.24, 2.45) is 0 Å². The number of carbonyl (C=O) groups is 2. The van der Waals surface area contributed by atoms with Crippen LogP contribution in [0.5, 0.6) is 0 Å². The van der Waals surface area contributed by atoms with Gasteiger partial charge >= 0.3 is 6.09 Å². The molecule has 31 heavy (non-hydrogen) atoms. The van der Waals surface area contributed by atoms with Gasteiger partial charge in [-0.2, -0.15) is 0 Å². The first-order valence-corrected chi connectivity index (χ1v) is 11.9. The molecule has 2 amide bonds. The van der Waals surface area contributed by atoms with Crippen molar-refractivity contribution >= 4 is 49.9 Å². The van der Waals surface area contributed by atoms with E-state index in [1.165, 1.54) is 29.4 Å². The van der Waals surface area contributed by atoms with Gasteiger partial charge in [0.15, 0.2) is 0 Å². The Bertz CT molecular complexity index is 1190. The molecule has 3 aromatic rings. The number of anilines is 1. The number of benzene rings is 1. The van der Waals surface area contributed by atoms with Gasteiger partial charge in [-0.1, -0.05) is 6.07 Å². The molecule has 0 bridgehead atoms. The maximum absolute atomic E-state index is 12.6. The smallest absolute Gasteiger partial charge is 0.410 e. The summed E-state index contributed by atoms with van der Waals surface area (Å²) in [5.41, 5.74) is 5.00. The van der Waals surface area contributed by atoms with Gasteiger partial charge in [0.25, 0.3) is 0 Å². The van der Waals surface area contributed by atoms with Crippen LogP contribution in [0.2, 0.25) is 0 Å². The Hall–Kier alpha value is -2.45. The van der Waals surface area contributed by atoms with Gasteiger partial charge in [0.2, 0.25) is 5.91 Å². The van der Waals surface area contributed by atoms with E-state index in [0.717, 1.165) is 36.2 Å². The molecule has 0 aliphatic carbocycles. The van der Waals surface area contributed by atoms with E-state index in [-0.39, 0.29) is 12.0 Å². The first kappa shape index (κ1) is 21.8. The second-order valence-corrected chi connectivity index (χ2v) is 11.1. The molecule has 6 nitrogen and oxygen atoms in total. The highest BCUT2D eigenvalue weighted by atomic mass is 32.1. The summed E-state index contributed by atoms with van der Waals surface area (Å²) in [6, 6.07) is 4.30. The van der Waals surface area contributed by atoms with Crippen LogP contribution >= 0.6 is 22.7 Å². The third kappa shape index (κ3) is 4.45. The van der Waals surface area contributed by atoms with E-state index in [4.69, 9.17) is 9.72 Å². The van der Waals surface area contributed by atoms with E-state index in [1.807, 2.05) is 20.8 Å². The Morgan fingerprint density at radius 1 is 1.19 bits per heavy atom. The number of rotatable bonds is 2. The number of fused-ring (bicyclic) bond motifs is 2. The number of hydrogen-bond donors (Lipinski definition) is 1. The molecule has 2 aromatic heterocycles. The van der Waals surface area contributed by atoms with Crippen LogP contribution in [0.25, 0.3) is 20.8 Å². The zero-order chi connectivity index (χ0) is 22.5. The van der Waals surface area contributed by atoms with Crippen LogP contribution in [0.1, 0.15) is 49.3 Å². The predicted octanol–water partition coefficient (Wildman–Crippen LogP) is 5.89. The number of aryl methyl sites for hydroxylation is 2. The first-order chi connectivity index (χ1) is 14.5. The Morgan fingerprint density at radius 2 is 1.94 bits per heavy atom. The van der Waals surface area contributed by atoms with Crippen molar-refractivity contribution in [1.29, 1.82) is 0 Å². The zero-order valence-corrected chi connectivity index (χ0v) is 20.3. The minimum Gasteiger partial charge on any atom is -0.444 e. The molecule has 0 saturated carbocycles. The number of thiophene rings is 1. The minimum atomic E-state index is -0.531. The fourth-order valence-corrected chi connectivity index (χ4v) is 6.43. The normalized spacial score (nSPS) is 13.9. The molecular formula is C23H27N3O3S2. The van der Waals surface area contributed by atoms with E-state index >= 15 is 0 Å². The van der Waals surface area contributed by atoms with Crippen LogP contribution in [0, 0.1) is 13.8 Å². The number of ether oxygens (including phenoxy) is 1. The van der Waals surface area contributed by atoms with Crippen LogP contribution in [-0.2, 0) is 22.5 Å². The monoisotopic (exact) mass is 457 g/mol. The summed E-state index contributed by atoms with van der Waals surface area (Å²) in [5.74, 6) is -0.114. The lowest BCUT2D eigenvalue weighted by molar-refractivity contribution is -0.114. The van der Waals surface area contributed by atoms with Gasteiger partial charge in [0.05, 0.1) is 16.8 Å². The van der Waals surface area contributed by atoms with Gasteiger partial charge in [-0.15, -0.1) is 22.7 Å². The van der Waals surface area contributed by atoms with Gasteiger partial charge in [-0.3, -0.25) is 4.79 Å². The van der Waals surface area contributed by atoms with Crippen molar-refractivity contribution < 1.29 is 14.3 Å². The maximum Gasteiger partial charge on any atom is 0.410 e. The fraction of sp³-hybridized carbons (Fsp3) is 0.435. The molecule has 1 aliphatic rings. The Labute approximate surface area is 190 Å². The quantitative estimate of drug-likeness (QED) is 0.521. The van der Waals surface area contributed by atoms with Crippen molar-refractivity contribution in [2.45, 2.75) is 60.1 Å².